The van der Waals surface area contributed by atoms with Crippen molar-refractivity contribution in [1.82, 2.24) is 0 Å². The first-order valence-electron chi connectivity index (χ1n) is 6.16. The van der Waals surface area contributed by atoms with Gasteiger partial charge in [-0.3, -0.25) is 0 Å². The van der Waals surface area contributed by atoms with Crippen molar-refractivity contribution in [3.63, 3.8) is 0 Å². The number of halogens is 5. The molecule has 0 amide bonds. The average Bonchev–Trinajstić information content (AvgIpc) is 2.42. The molecule has 1 N–H and O–H groups in total. The molecule has 0 bridgehead atoms. The van der Waals surface area contributed by atoms with Gasteiger partial charge in [-0.15, -0.1) is 0 Å². The Bertz CT molecular complexity index is 626. The quantitative estimate of drug-likeness (QED) is 0.661. The molecule has 2 aromatic carbocycles. The molecule has 0 saturated carbocycles. The standard InChI is InChI=1S/C15H12BrClF3N/c1-9(21-12-6-7-14(17)13(16)8-12)10-2-4-11(5-3-10)15(18,19)20/h2-9,21H,1H3. The Morgan fingerprint density at radius 3 is 2.24 bits per heavy atom. The number of nitrogens with one attached hydrogen (secondary N) is 1. The lowest BCUT2D eigenvalue weighted by Gasteiger charge is -2.17. The zero-order valence-electron chi connectivity index (χ0n) is 11.0. The Balaban J connectivity index is 2.13. The molecule has 0 heterocycles. The minimum absolute atomic E-state index is 0.125. The van der Waals surface area contributed by atoms with E-state index in [-0.39, 0.29) is 6.04 Å². The van der Waals surface area contributed by atoms with Gasteiger partial charge >= 0.3 is 6.18 Å². The smallest absolute Gasteiger partial charge is 0.378 e. The molecule has 0 radical (unpaired) electrons. The second-order valence-electron chi connectivity index (χ2n) is 4.61. The van der Waals surface area contributed by atoms with Gasteiger partial charge in [-0.1, -0.05) is 23.7 Å². The summed E-state index contributed by atoms with van der Waals surface area (Å²) in [5.74, 6) is 0. The zero-order chi connectivity index (χ0) is 15.6. The van der Waals surface area contributed by atoms with Crippen LogP contribution in [0.2, 0.25) is 5.02 Å². The van der Waals surface area contributed by atoms with E-state index >= 15 is 0 Å². The van der Waals surface area contributed by atoms with Crippen LogP contribution in [-0.4, -0.2) is 0 Å². The summed E-state index contributed by atoms with van der Waals surface area (Å²) in [6.07, 6.45) is -4.31. The summed E-state index contributed by atoms with van der Waals surface area (Å²) in [5.41, 5.74) is 0.959. The molecule has 0 aliphatic carbocycles. The van der Waals surface area contributed by atoms with Crippen LogP contribution < -0.4 is 5.32 Å². The lowest BCUT2D eigenvalue weighted by molar-refractivity contribution is -0.137. The molecule has 21 heavy (non-hydrogen) atoms. The van der Waals surface area contributed by atoms with Gasteiger partial charge in [0.25, 0.3) is 0 Å². The van der Waals surface area contributed by atoms with E-state index in [1.807, 2.05) is 19.1 Å². The van der Waals surface area contributed by atoms with E-state index in [0.29, 0.717) is 5.02 Å². The highest BCUT2D eigenvalue weighted by molar-refractivity contribution is 9.10. The van der Waals surface area contributed by atoms with Crippen LogP contribution in [0, 0.1) is 0 Å². The van der Waals surface area contributed by atoms with Gasteiger partial charge in [-0.2, -0.15) is 13.2 Å². The van der Waals surface area contributed by atoms with Crippen molar-refractivity contribution in [1.29, 1.82) is 0 Å². The van der Waals surface area contributed by atoms with Crippen molar-refractivity contribution in [2.45, 2.75) is 19.1 Å². The highest BCUT2D eigenvalue weighted by Gasteiger charge is 2.30. The van der Waals surface area contributed by atoms with Crippen molar-refractivity contribution < 1.29 is 13.2 Å². The lowest BCUT2D eigenvalue weighted by Crippen LogP contribution is -2.08. The minimum Gasteiger partial charge on any atom is -0.378 e. The van der Waals surface area contributed by atoms with E-state index in [1.54, 1.807) is 6.07 Å². The third-order valence-electron chi connectivity index (χ3n) is 3.04. The molecule has 1 nitrogen and oxygen atoms in total. The molecule has 1 atom stereocenters. The van der Waals surface area contributed by atoms with Crippen LogP contribution in [0.4, 0.5) is 18.9 Å². The van der Waals surface area contributed by atoms with Crippen LogP contribution >= 0.6 is 27.5 Å². The Labute approximate surface area is 134 Å². The molecule has 0 aliphatic rings. The normalized spacial score (nSPS) is 13.0. The fourth-order valence-corrected chi connectivity index (χ4v) is 2.38. The highest BCUT2D eigenvalue weighted by Crippen LogP contribution is 2.31. The molecule has 2 rings (SSSR count). The topological polar surface area (TPSA) is 12.0 Å². The van der Waals surface area contributed by atoms with E-state index in [4.69, 9.17) is 11.6 Å². The summed E-state index contributed by atoms with van der Waals surface area (Å²) < 4.78 is 38.3. The summed E-state index contributed by atoms with van der Waals surface area (Å²) >= 11 is 9.24. The molecular weight excluding hydrogens is 367 g/mol. The summed E-state index contributed by atoms with van der Waals surface area (Å²) in [4.78, 5) is 0. The number of rotatable bonds is 3. The molecule has 1 unspecified atom stereocenters. The Morgan fingerprint density at radius 1 is 1.10 bits per heavy atom. The van der Waals surface area contributed by atoms with Gasteiger partial charge in [-0.05, 0) is 58.7 Å². The van der Waals surface area contributed by atoms with Gasteiger partial charge < -0.3 is 5.32 Å². The largest absolute Gasteiger partial charge is 0.416 e. The van der Waals surface area contributed by atoms with Gasteiger partial charge in [0.2, 0.25) is 0 Å². The fraction of sp³-hybridized carbons (Fsp3) is 0.200. The number of alkyl halides is 3. The predicted molar refractivity (Wildman–Crippen MR) is 82.6 cm³/mol. The molecular formula is C15H12BrClF3N. The number of hydrogen-bond acceptors (Lipinski definition) is 1. The third kappa shape index (κ3) is 4.14. The van der Waals surface area contributed by atoms with E-state index in [2.05, 4.69) is 21.2 Å². The van der Waals surface area contributed by atoms with Crippen LogP contribution in [0.25, 0.3) is 0 Å². The van der Waals surface area contributed by atoms with Crippen molar-refractivity contribution in [3.05, 3.63) is 63.1 Å². The average molecular weight is 379 g/mol. The predicted octanol–water partition coefficient (Wildman–Crippen LogP) is 6.29. The van der Waals surface area contributed by atoms with E-state index in [0.717, 1.165) is 27.9 Å². The van der Waals surface area contributed by atoms with Crippen molar-refractivity contribution in [2.75, 3.05) is 5.32 Å². The van der Waals surface area contributed by atoms with Crippen molar-refractivity contribution in [3.8, 4) is 0 Å². The van der Waals surface area contributed by atoms with E-state index in [9.17, 15) is 13.2 Å². The molecule has 2 aromatic rings. The van der Waals surface area contributed by atoms with Crippen LogP contribution in [0.5, 0.6) is 0 Å². The van der Waals surface area contributed by atoms with Crippen molar-refractivity contribution >= 4 is 33.2 Å². The zero-order valence-corrected chi connectivity index (χ0v) is 13.4. The fourth-order valence-electron chi connectivity index (χ4n) is 1.88. The van der Waals surface area contributed by atoms with Gasteiger partial charge in [0.05, 0.1) is 10.6 Å². The Kier molecular flexibility index (Phi) is 4.84. The van der Waals surface area contributed by atoms with Crippen LogP contribution in [0.3, 0.4) is 0 Å². The van der Waals surface area contributed by atoms with Gasteiger partial charge in [-0.25, -0.2) is 0 Å². The second-order valence-corrected chi connectivity index (χ2v) is 5.88. The maximum atomic E-state index is 12.5. The number of hydrogen-bond donors (Lipinski definition) is 1. The monoisotopic (exact) mass is 377 g/mol. The van der Waals surface area contributed by atoms with Gasteiger partial charge in [0, 0.05) is 16.2 Å². The SMILES string of the molecule is CC(Nc1ccc(Cl)c(Br)c1)c1ccc(C(F)(F)F)cc1. The number of benzene rings is 2. The molecule has 0 fully saturated rings. The molecule has 6 heteroatoms. The van der Waals surface area contributed by atoms with E-state index < -0.39 is 11.7 Å². The molecule has 0 aliphatic heterocycles. The first-order chi connectivity index (χ1) is 9.77. The minimum atomic E-state index is -4.31. The van der Waals surface area contributed by atoms with Crippen LogP contribution in [0.15, 0.2) is 46.9 Å². The summed E-state index contributed by atoms with van der Waals surface area (Å²) in [5, 5.41) is 3.81. The van der Waals surface area contributed by atoms with Crippen LogP contribution in [0.1, 0.15) is 24.1 Å². The second kappa shape index (κ2) is 6.28. The summed E-state index contributed by atoms with van der Waals surface area (Å²) in [7, 11) is 0. The van der Waals surface area contributed by atoms with Gasteiger partial charge in [0.1, 0.15) is 0 Å². The summed E-state index contributed by atoms with van der Waals surface area (Å²) in [6.45, 7) is 1.88. The van der Waals surface area contributed by atoms with E-state index in [1.165, 1.54) is 12.1 Å². The van der Waals surface area contributed by atoms with Crippen molar-refractivity contribution in [2.24, 2.45) is 0 Å². The molecule has 0 spiro atoms. The molecule has 112 valence electrons. The highest BCUT2D eigenvalue weighted by atomic mass is 79.9. The lowest BCUT2D eigenvalue weighted by atomic mass is 10.1. The first kappa shape index (κ1) is 16.2. The third-order valence-corrected chi connectivity index (χ3v) is 4.25. The Hall–Kier alpha value is -1.20. The molecule has 0 aromatic heterocycles. The van der Waals surface area contributed by atoms with Crippen LogP contribution in [-0.2, 0) is 6.18 Å². The molecule has 0 saturated heterocycles. The Morgan fingerprint density at radius 2 is 1.71 bits per heavy atom. The van der Waals surface area contributed by atoms with Gasteiger partial charge in [0.15, 0.2) is 0 Å². The first-order valence-corrected chi connectivity index (χ1v) is 7.33. The number of anilines is 1. The maximum Gasteiger partial charge on any atom is 0.416 e. The maximum absolute atomic E-state index is 12.5. The summed E-state index contributed by atoms with van der Waals surface area (Å²) in [6, 6.07) is 10.4.